The van der Waals surface area contributed by atoms with Gasteiger partial charge in [0.25, 0.3) is 0 Å². The van der Waals surface area contributed by atoms with Crippen LogP contribution < -0.4 is 5.32 Å². The molecule has 1 aromatic rings. The number of nitrogens with zero attached hydrogens (tertiary/aromatic N) is 2. The van der Waals surface area contributed by atoms with Crippen LogP contribution in [0.1, 0.15) is 39.8 Å². The van der Waals surface area contributed by atoms with E-state index in [1.165, 1.54) is 0 Å². The number of aromatic nitrogens is 2. The number of thioether (sulfide) groups is 1. The normalized spacial score (nSPS) is 14.2. The molecule has 120 valence electrons. The summed E-state index contributed by atoms with van der Waals surface area (Å²) in [7, 11) is 1.94. The highest BCUT2D eigenvalue weighted by atomic mass is 32.2. The molecule has 0 aliphatic carbocycles. The van der Waals surface area contributed by atoms with Crippen molar-refractivity contribution in [3.63, 3.8) is 0 Å². The highest BCUT2D eigenvalue weighted by Gasteiger charge is 2.34. The number of hydrogen-bond donors (Lipinski definition) is 1. The number of carbonyl (C=O) groups excluding carboxylic acids is 1. The Morgan fingerprint density at radius 3 is 2.71 bits per heavy atom. The van der Waals surface area contributed by atoms with Gasteiger partial charge in [-0.05, 0) is 47.1 Å². The molecule has 1 unspecified atom stereocenters. The molecule has 0 fully saturated rings. The number of hydrogen-bond acceptors (Lipinski definition) is 5. The zero-order valence-corrected chi connectivity index (χ0v) is 14.7. The van der Waals surface area contributed by atoms with E-state index in [1.807, 2.05) is 46.3 Å². The van der Waals surface area contributed by atoms with Crippen LogP contribution in [0.2, 0.25) is 0 Å². The highest BCUT2D eigenvalue weighted by molar-refractivity contribution is 7.99. The Balaban J connectivity index is 2.64. The SMILES string of the molecule is CCOC(=O)C(C)(CCSc1cc(C)nn1C)NC(C)C. The van der Waals surface area contributed by atoms with Gasteiger partial charge in [0.05, 0.1) is 17.3 Å². The van der Waals surface area contributed by atoms with Gasteiger partial charge in [-0.3, -0.25) is 14.8 Å². The van der Waals surface area contributed by atoms with E-state index in [1.54, 1.807) is 11.8 Å². The van der Waals surface area contributed by atoms with Crippen LogP contribution in [0.25, 0.3) is 0 Å². The second-order valence-electron chi connectivity index (χ2n) is 5.70. The first-order chi connectivity index (χ1) is 9.78. The molecule has 0 aromatic carbocycles. The molecule has 0 radical (unpaired) electrons. The van der Waals surface area contributed by atoms with E-state index in [4.69, 9.17) is 4.74 Å². The van der Waals surface area contributed by atoms with E-state index in [9.17, 15) is 4.79 Å². The van der Waals surface area contributed by atoms with E-state index in [0.29, 0.717) is 13.0 Å². The van der Waals surface area contributed by atoms with E-state index in [-0.39, 0.29) is 12.0 Å². The summed E-state index contributed by atoms with van der Waals surface area (Å²) in [5, 5.41) is 8.78. The van der Waals surface area contributed by atoms with E-state index in [2.05, 4.69) is 16.5 Å². The van der Waals surface area contributed by atoms with Gasteiger partial charge in [0.2, 0.25) is 0 Å². The first-order valence-corrected chi connectivity index (χ1v) is 8.35. The summed E-state index contributed by atoms with van der Waals surface area (Å²) in [6.07, 6.45) is 0.707. The Morgan fingerprint density at radius 1 is 1.57 bits per heavy atom. The Kier molecular flexibility index (Phi) is 6.74. The standard InChI is InChI=1S/C15H27N3O2S/c1-7-20-14(19)15(5,16-11(2)3)8-9-21-13-10-12(4)17-18(13)6/h10-11,16H,7-9H2,1-6H3. The third-order valence-corrected chi connectivity index (χ3v) is 4.23. The summed E-state index contributed by atoms with van der Waals surface area (Å²) in [6.45, 7) is 10.2. The van der Waals surface area contributed by atoms with Crippen LogP contribution in [0.3, 0.4) is 0 Å². The second-order valence-corrected chi connectivity index (χ2v) is 6.81. The smallest absolute Gasteiger partial charge is 0.326 e. The van der Waals surface area contributed by atoms with Crippen molar-refractivity contribution in [2.24, 2.45) is 7.05 Å². The van der Waals surface area contributed by atoms with Crippen molar-refractivity contribution in [2.75, 3.05) is 12.4 Å². The lowest BCUT2D eigenvalue weighted by Gasteiger charge is -2.30. The Bertz CT molecular complexity index is 473. The van der Waals surface area contributed by atoms with Gasteiger partial charge in [-0.25, -0.2) is 0 Å². The molecule has 1 N–H and O–H groups in total. The molecule has 5 nitrogen and oxygen atoms in total. The van der Waals surface area contributed by atoms with Crippen LogP contribution in [0, 0.1) is 6.92 Å². The Labute approximate surface area is 131 Å². The molecule has 1 aromatic heterocycles. The molecule has 0 spiro atoms. The third kappa shape index (κ3) is 5.36. The van der Waals surface area contributed by atoms with E-state index in [0.717, 1.165) is 16.5 Å². The summed E-state index contributed by atoms with van der Waals surface area (Å²) in [5.74, 6) is 0.647. The number of carbonyl (C=O) groups is 1. The van der Waals surface area contributed by atoms with Crippen molar-refractivity contribution in [3.8, 4) is 0 Å². The summed E-state index contributed by atoms with van der Waals surface area (Å²) >= 11 is 1.71. The van der Waals surface area contributed by atoms with Crippen LogP contribution in [-0.4, -0.2) is 39.7 Å². The number of aryl methyl sites for hydroxylation is 2. The predicted molar refractivity (Wildman–Crippen MR) is 86.6 cm³/mol. The fraction of sp³-hybridized carbons (Fsp3) is 0.733. The fourth-order valence-electron chi connectivity index (χ4n) is 2.24. The quantitative estimate of drug-likeness (QED) is 0.590. The summed E-state index contributed by atoms with van der Waals surface area (Å²) in [4.78, 5) is 12.2. The van der Waals surface area contributed by atoms with Crippen LogP contribution in [0.5, 0.6) is 0 Å². The summed E-state index contributed by atoms with van der Waals surface area (Å²) in [5.41, 5.74) is 0.360. The fourth-order valence-corrected chi connectivity index (χ4v) is 3.44. The maximum absolute atomic E-state index is 12.2. The minimum atomic E-state index is -0.648. The molecule has 1 heterocycles. The second kappa shape index (κ2) is 7.84. The van der Waals surface area contributed by atoms with Gasteiger partial charge in [0, 0.05) is 18.8 Å². The molecule has 1 atom stereocenters. The summed E-state index contributed by atoms with van der Waals surface area (Å²) < 4.78 is 7.08. The van der Waals surface area contributed by atoms with Crippen molar-refractivity contribution >= 4 is 17.7 Å². The predicted octanol–water partition coefficient (Wildman–Crippen LogP) is 2.53. The van der Waals surface area contributed by atoms with Crippen LogP contribution in [0.15, 0.2) is 11.1 Å². The van der Waals surface area contributed by atoms with Crippen molar-refractivity contribution in [3.05, 3.63) is 11.8 Å². The maximum atomic E-state index is 12.2. The first-order valence-electron chi connectivity index (χ1n) is 7.37. The minimum absolute atomic E-state index is 0.180. The van der Waals surface area contributed by atoms with Crippen molar-refractivity contribution in [1.82, 2.24) is 15.1 Å². The Hall–Kier alpha value is -1.01. The molecule has 0 amide bonds. The zero-order chi connectivity index (χ0) is 16.0. The molecule has 0 aliphatic heterocycles. The monoisotopic (exact) mass is 313 g/mol. The van der Waals surface area contributed by atoms with Gasteiger partial charge in [0.15, 0.2) is 0 Å². The average molecular weight is 313 g/mol. The lowest BCUT2D eigenvalue weighted by molar-refractivity contribution is -0.150. The molecule has 1 rings (SSSR count). The molecule has 0 saturated heterocycles. The van der Waals surface area contributed by atoms with Crippen LogP contribution >= 0.6 is 11.8 Å². The zero-order valence-electron chi connectivity index (χ0n) is 13.9. The van der Waals surface area contributed by atoms with Crippen LogP contribution in [0.4, 0.5) is 0 Å². The molecule has 0 bridgehead atoms. The molecular weight excluding hydrogens is 286 g/mol. The maximum Gasteiger partial charge on any atom is 0.326 e. The number of esters is 1. The molecule has 0 saturated carbocycles. The van der Waals surface area contributed by atoms with Gasteiger partial charge < -0.3 is 4.74 Å². The van der Waals surface area contributed by atoms with Gasteiger partial charge in [0.1, 0.15) is 5.54 Å². The summed E-state index contributed by atoms with van der Waals surface area (Å²) in [6, 6.07) is 2.28. The van der Waals surface area contributed by atoms with Crippen molar-refractivity contribution < 1.29 is 9.53 Å². The number of rotatable bonds is 8. The lowest BCUT2D eigenvalue weighted by Crippen LogP contribution is -2.53. The molecule has 6 heteroatoms. The first kappa shape index (κ1) is 18.0. The third-order valence-electron chi connectivity index (χ3n) is 3.14. The van der Waals surface area contributed by atoms with Gasteiger partial charge in [-0.15, -0.1) is 11.8 Å². The molecule has 0 aliphatic rings. The highest BCUT2D eigenvalue weighted by Crippen LogP contribution is 2.23. The average Bonchev–Trinajstić information content (AvgIpc) is 2.67. The van der Waals surface area contributed by atoms with Gasteiger partial charge >= 0.3 is 5.97 Å². The van der Waals surface area contributed by atoms with Crippen molar-refractivity contribution in [1.29, 1.82) is 0 Å². The van der Waals surface area contributed by atoms with Crippen LogP contribution in [-0.2, 0) is 16.6 Å². The van der Waals surface area contributed by atoms with Gasteiger partial charge in [-0.1, -0.05) is 0 Å². The number of ether oxygens (including phenoxy) is 1. The lowest BCUT2D eigenvalue weighted by atomic mass is 9.98. The van der Waals surface area contributed by atoms with Crippen molar-refractivity contribution in [2.45, 2.75) is 57.6 Å². The topological polar surface area (TPSA) is 56.1 Å². The van der Waals surface area contributed by atoms with Gasteiger partial charge in [-0.2, -0.15) is 5.10 Å². The largest absolute Gasteiger partial charge is 0.465 e. The number of nitrogens with one attached hydrogen (secondary N) is 1. The minimum Gasteiger partial charge on any atom is -0.465 e. The van der Waals surface area contributed by atoms with E-state index >= 15 is 0 Å². The molecular formula is C15H27N3O2S. The van der Waals surface area contributed by atoms with E-state index < -0.39 is 5.54 Å². The molecule has 21 heavy (non-hydrogen) atoms. The Morgan fingerprint density at radius 2 is 2.24 bits per heavy atom.